The Hall–Kier alpha value is -1.34. The van der Waals surface area contributed by atoms with Crippen LogP contribution in [0.25, 0.3) is 10.2 Å². The second-order valence-electron chi connectivity index (χ2n) is 5.89. The van der Waals surface area contributed by atoms with Crippen molar-refractivity contribution in [3.63, 3.8) is 0 Å². The number of halogens is 3. The summed E-state index contributed by atoms with van der Waals surface area (Å²) in [6.07, 6.45) is -4.31. The lowest BCUT2D eigenvalue weighted by Crippen LogP contribution is -2.53. The number of alkyl halides is 3. The zero-order valence-corrected chi connectivity index (χ0v) is 13.3. The summed E-state index contributed by atoms with van der Waals surface area (Å²) in [6.45, 7) is 6.88. The molecule has 2 heterocycles. The van der Waals surface area contributed by atoms with Crippen LogP contribution in [0.15, 0.2) is 18.2 Å². The molecule has 120 valence electrons. The van der Waals surface area contributed by atoms with Gasteiger partial charge < -0.3 is 10.2 Å². The Morgan fingerprint density at radius 1 is 1.36 bits per heavy atom. The maximum Gasteiger partial charge on any atom is 0.416 e. The number of nitrogens with zero attached hydrogens (tertiary/aromatic N) is 2. The van der Waals surface area contributed by atoms with E-state index in [4.69, 9.17) is 0 Å². The van der Waals surface area contributed by atoms with E-state index in [1.165, 1.54) is 23.5 Å². The standard InChI is InChI=1S/C15H18F3N3S/c1-9(2)12-8-19-5-6-21(12)14-20-11-4-3-10(15(16,17)18)7-13(11)22-14/h3-4,7,9,12,19H,5-6,8H2,1-2H3/t12-/m0/s1. The third kappa shape index (κ3) is 2.92. The van der Waals surface area contributed by atoms with Crippen molar-refractivity contribution >= 4 is 26.7 Å². The molecule has 1 saturated heterocycles. The van der Waals surface area contributed by atoms with Crippen LogP contribution in [-0.2, 0) is 6.18 Å². The normalized spacial score (nSPS) is 20.1. The number of nitrogens with one attached hydrogen (secondary N) is 1. The van der Waals surface area contributed by atoms with E-state index in [-0.39, 0.29) is 0 Å². The molecular weight excluding hydrogens is 311 g/mol. The van der Waals surface area contributed by atoms with Gasteiger partial charge in [-0.05, 0) is 24.1 Å². The Bertz CT molecular complexity index is 666. The van der Waals surface area contributed by atoms with Crippen molar-refractivity contribution in [1.29, 1.82) is 0 Å². The van der Waals surface area contributed by atoms with Crippen LogP contribution in [0.4, 0.5) is 18.3 Å². The number of rotatable bonds is 2. The fourth-order valence-corrected chi connectivity index (χ4v) is 3.86. The van der Waals surface area contributed by atoms with E-state index in [0.717, 1.165) is 30.8 Å². The first-order chi connectivity index (χ1) is 10.4. The Morgan fingerprint density at radius 2 is 2.14 bits per heavy atom. The van der Waals surface area contributed by atoms with Crippen molar-refractivity contribution in [1.82, 2.24) is 10.3 Å². The third-order valence-electron chi connectivity index (χ3n) is 4.00. The number of fused-ring (bicyclic) bond motifs is 1. The van der Waals surface area contributed by atoms with E-state index in [0.29, 0.717) is 22.2 Å². The van der Waals surface area contributed by atoms with Crippen molar-refractivity contribution in [3.8, 4) is 0 Å². The molecule has 0 unspecified atom stereocenters. The molecule has 0 amide bonds. The van der Waals surface area contributed by atoms with Gasteiger partial charge in [0, 0.05) is 25.7 Å². The summed E-state index contributed by atoms with van der Waals surface area (Å²) in [4.78, 5) is 6.76. The van der Waals surface area contributed by atoms with Gasteiger partial charge >= 0.3 is 6.18 Å². The van der Waals surface area contributed by atoms with E-state index >= 15 is 0 Å². The Labute approximate surface area is 131 Å². The number of aromatic nitrogens is 1. The molecule has 1 fully saturated rings. The molecule has 1 N–H and O–H groups in total. The zero-order valence-electron chi connectivity index (χ0n) is 12.4. The number of piperazine rings is 1. The quantitative estimate of drug-likeness (QED) is 0.909. The summed E-state index contributed by atoms with van der Waals surface area (Å²) in [5.41, 5.74) is 0.0185. The van der Waals surface area contributed by atoms with E-state index in [1.807, 2.05) is 0 Å². The summed E-state index contributed by atoms with van der Waals surface area (Å²) < 4.78 is 39.0. The van der Waals surface area contributed by atoms with E-state index in [9.17, 15) is 13.2 Å². The maximum atomic E-state index is 12.8. The number of thiazole rings is 1. The third-order valence-corrected chi connectivity index (χ3v) is 5.06. The van der Waals surface area contributed by atoms with Crippen LogP contribution in [0.3, 0.4) is 0 Å². The second-order valence-corrected chi connectivity index (χ2v) is 6.89. The van der Waals surface area contributed by atoms with Gasteiger partial charge in [0.2, 0.25) is 0 Å². The van der Waals surface area contributed by atoms with Crippen molar-refractivity contribution in [2.45, 2.75) is 26.1 Å². The highest BCUT2D eigenvalue weighted by Gasteiger charge is 2.31. The van der Waals surface area contributed by atoms with Crippen LogP contribution in [0.2, 0.25) is 0 Å². The minimum atomic E-state index is -4.31. The average Bonchev–Trinajstić information content (AvgIpc) is 2.89. The molecule has 0 bridgehead atoms. The average molecular weight is 329 g/mol. The van der Waals surface area contributed by atoms with Crippen LogP contribution >= 0.6 is 11.3 Å². The summed E-state index contributed by atoms with van der Waals surface area (Å²) in [5.74, 6) is 0.450. The van der Waals surface area contributed by atoms with Gasteiger partial charge in [0.15, 0.2) is 5.13 Å². The highest BCUT2D eigenvalue weighted by molar-refractivity contribution is 7.22. The molecule has 0 aliphatic carbocycles. The fraction of sp³-hybridized carbons (Fsp3) is 0.533. The highest BCUT2D eigenvalue weighted by atomic mass is 32.1. The summed E-state index contributed by atoms with van der Waals surface area (Å²) in [5, 5.41) is 4.18. The summed E-state index contributed by atoms with van der Waals surface area (Å²) in [7, 11) is 0. The molecule has 3 rings (SSSR count). The SMILES string of the molecule is CC(C)[C@@H]1CNCCN1c1nc2ccc(C(F)(F)F)cc2s1. The minimum absolute atomic E-state index is 0.316. The van der Waals surface area contributed by atoms with Crippen LogP contribution < -0.4 is 10.2 Å². The zero-order chi connectivity index (χ0) is 15.9. The van der Waals surface area contributed by atoms with Gasteiger partial charge in [0.05, 0.1) is 15.8 Å². The fourth-order valence-electron chi connectivity index (χ4n) is 2.77. The Morgan fingerprint density at radius 3 is 2.82 bits per heavy atom. The molecule has 1 aliphatic heterocycles. The molecular formula is C15H18F3N3S. The smallest absolute Gasteiger partial charge is 0.342 e. The summed E-state index contributed by atoms with van der Waals surface area (Å²) >= 11 is 1.34. The van der Waals surface area contributed by atoms with Gasteiger partial charge in [-0.1, -0.05) is 25.2 Å². The molecule has 1 aromatic heterocycles. The topological polar surface area (TPSA) is 28.2 Å². The first-order valence-corrected chi connectivity index (χ1v) is 8.13. The molecule has 1 aromatic carbocycles. The maximum absolute atomic E-state index is 12.8. The molecule has 22 heavy (non-hydrogen) atoms. The number of hydrogen-bond donors (Lipinski definition) is 1. The van der Waals surface area contributed by atoms with Crippen LogP contribution in [0.1, 0.15) is 19.4 Å². The molecule has 0 saturated carbocycles. The molecule has 3 nitrogen and oxygen atoms in total. The van der Waals surface area contributed by atoms with Crippen molar-refractivity contribution < 1.29 is 13.2 Å². The van der Waals surface area contributed by atoms with Gasteiger partial charge in [-0.25, -0.2) is 4.98 Å². The van der Waals surface area contributed by atoms with Gasteiger partial charge in [-0.15, -0.1) is 0 Å². The lowest BCUT2D eigenvalue weighted by molar-refractivity contribution is -0.137. The van der Waals surface area contributed by atoms with Gasteiger partial charge in [-0.2, -0.15) is 13.2 Å². The molecule has 1 aliphatic rings. The Kier molecular flexibility index (Phi) is 4.03. The van der Waals surface area contributed by atoms with E-state index in [2.05, 4.69) is 29.0 Å². The van der Waals surface area contributed by atoms with Gasteiger partial charge in [-0.3, -0.25) is 0 Å². The molecule has 7 heteroatoms. The van der Waals surface area contributed by atoms with E-state index < -0.39 is 11.7 Å². The van der Waals surface area contributed by atoms with Crippen molar-refractivity contribution in [2.75, 3.05) is 24.5 Å². The monoisotopic (exact) mass is 329 g/mol. The van der Waals surface area contributed by atoms with Gasteiger partial charge in [0.25, 0.3) is 0 Å². The number of hydrogen-bond acceptors (Lipinski definition) is 4. The number of anilines is 1. The summed E-state index contributed by atoms with van der Waals surface area (Å²) in [6, 6.07) is 4.08. The first kappa shape index (κ1) is 15.6. The van der Waals surface area contributed by atoms with Crippen LogP contribution in [0.5, 0.6) is 0 Å². The highest BCUT2D eigenvalue weighted by Crippen LogP contribution is 2.36. The minimum Gasteiger partial charge on any atom is -0.342 e. The lowest BCUT2D eigenvalue weighted by atomic mass is 10.0. The lowest BCUT2D eigenvalue weighted by Gasteiger charge is -2.38. The predicted octanol–water partition coefficient (Wildman–Crippen LogP) is 3.75. The van der Waals surface area contributed by atoms with Crippen LogP contribution in [-0.4, -0.2) is 30.7 Å². The molecule has 2 aromatic rings. The second kappa shape index (κ2) is 5.70. The van der Waals surface area contributed by atoms with E-state index in [1.54, 1.807) is 0 Å². The van der Waals surface area contributed by atoms with Gasteiger partial charge in [0.1, 0.15) is 0 Å². The van der Waals surface area contributed by atoms with Crippen molar-refractivity contribution in [2.24, 2.45) is 5.92 Å². The first-order valence-electron chi connectivity index (χ1n) is 7.31. The molecule has 1 atom stereocenters. The number of benzene rings is 1. The van der Waals surface area contributed by atoms with Crippen molar-refractivity contribution in [3.05, 3.63) is 23.8 Å². The Balaban J connectivity index is 1.97. The molecule has 0 radical (unpaired) electrons. The largest absolute Gasteiger partial charge is 0.416 e. The molecule has 0 spiro atoms. The predicted molar refractivity (Wildman–Crippen MR) is 83.5 cm³/mol. The van der Waals surface area contributed by atoms with Crippen LogP contribution in [0, 0.1) is 5.92 Å².